The van der Waals surface area contributed by atoms with Crippen molar-refractivity contribution in [1.82, 2.24) is 10.2 Å². The molecule has 0 aliphatic rings. The molecule has 0 radical (unpaired) electrons. The molecule has 4 nitrogen and oxygen atoms in total. The van der Waals surface area contributed by atoms with Crippen molar-refractivity contribution in [2.24, 2.45) is 0 Å². The summed E-state index contributed by atoms with van der Waals surface area (Å²) in [7, 11) is 0. The van der Waals surface area contributed by atoms with E-state index in [0.29, 0.717) is 5.89 Å². The van der Waals surface area contributed by atoms with Gasteiger partial charge in [0.2, 0.25) is 12.3 Å². The maximum atomic E-state index is 5.23. The third-order valence-electron chi connectivity index (χ3n) is 3.43. The molecular formula is C17H17N3O. The summed E-state index contributed by atoms with van der Waals surface area (Å²) in [4.78, 5) is 0. The summed E-state index contributed by atoms with van der Waals surface area (Å²) in [6.45, 7) is 4.24. The fraction of sp³-hybridized carbons (Fsp3) is 0.176. The van der Waals surface area contributed by atoms with Gasteiger partial charge in [-0.3, -0.25) is 0 Å². The van der Waals surface area contributed by atoms with Gasteiger partial charge in [0.15, 0.2) is 0 Å². The summed E-state index contributed by atoms with van der Waals surface area (Å²) in [6, 6.07) is 16.7. The van der Waals surface area contributed by atoms with Crippen LogP contribution in [0.1, 0.15) is 24.1 Å². The topological polar surface area (TPSA) is 51.0 Å². The Morgan fingerprint density at radius 1 is 1.10 bits per heavy atom. The molecule has 3 rings (SSSR count). The average molecular weight is 279 g/mol. The Hall–Kier alpha value is -2.62. The van der Waals surface area contributed by atoms with Crippen LogP contribution in [-0.2, 0) is 0 Å². The lowest BCUT2D eigenvalue weighted by Gasteiger charge is -2.16. The molecule has 4 heteroatoms. The summed E-state index contributed by atoms with van der Waals surface area (Å²) < 4.78 is 5.23. The van der Waals surface area contributed by atoms with E-state index in [0.717, 1.165) is 11.3 Å². The lowest BCUT2D eigenvalue weighted by Crippen LogP contribution is -2.06. The molecule has 0 fully saturated rings. The van der Waals surface area contributed by atoms with E-state index in [1.165, 1.54) is 17.5 Å². The SMILES string of the molecule is Cc1ccc(C(C)Nc2cccc(-c3nnco3)c2)cc1. The predicted molar refractivity (Wildman–Crippen MR) is 83.0 cm³/mol. The summed E-state index contributed by atoms with van der Waals surface area (Å²) in [6.07, 6.45) is 1.34. The van der Waals surface area contributed by atoms with Crippen molar-refractivity contribution in [3.63, 3.8) is 0 Å². The highest BCUT2D eigenvalue weighted by Crippen LogP contribution is 2.24. The van der Waals surface area contributed by atoms with Crippen molar-refractivity contribution in [3.8, 4) is 11.5 Å². The summed E-state index contributed by atoms with van der Waals surface area (Å²) in [5.74, 6) is 0.529. The number of nitrogens with one attached hydrogen (secondary N) is 1. The van der Waals surface area contributed by atoms with Crippen LogP contribution in [-0.4, -0.2) is 10.2 Å². The predicted octanol–water partition coefficient (Wildman–Crippen LogP) is 4.22. The van der Waals surface area contributed by atoms with Gasteiger partial charge in [-0.1, -0.05) is 35.9 Å². The molecule has 0 amide bonds. The zero-order chi connectivity index (χ0) is 14.7. The van der Waals surface area contributed by atoms with Gasteiger partial charge in [-0.05, 0) is 37.6 Å². The molecule has 0 saturated heterocycles. The Morgan fingerprint density at radius 2 is 1.90 bits per heavy atom. The van der Waals surface area contributed by atoms with Crippen LogP contribution in [0.25, 0.3) is 11.5 Å². The van der Waals surface area contributed by atoms with Crippen molar-refractivity contribution < 1.29 is 4.42 Å². The minimum Gasteiger partial charge on any atom is -0.423 e. The molecule has 1 atom stereocenters. The molecule has 21 heavy (non-hydrogen) atoms. The molecule has 1 unspecified atom stereocenters. The fourth-order valence-corrected chi connectivity index (χ4v) is 2.23. The first-order valence-electron chi connectivity index (χ1n) is 6.92. The lowest BCUT2D eigenvalue weighted by molar-refractivity contribution is 0.568. The van der Waals surface area contributed by atoms with Crippen LogP contribution in [0.4, 0.5) is 5.69 Å². The third kappa shape index (κ3) is 3.11. The molecular weight excluding hydrogens is 262 g/mol. The molecule has 3 aromatic rings. The third-order valence-corrected chi connectivity index (χ3v) is 3.43. The highest BCUT2D eigenvalue weighted by atomic mass is 16.4. The molecule has 0 bridgehead atoms. The van der Waals surface area contributed by atoms with Gasteiger partial charge in [0, 0.05) is 17.3 Å². The standard InChI is InChI=1S/C17H17N3O/c1-12-6-8-14(9-7-12)13(2)19-16-5-3-4-15(10-16)17-20-18-11-21-17/h3-11,13,19H,1-2H3. The zero-order valence-electron chi connectivity index (χ0n) is 12.1. The second-order valence-electron chi connectivity index (χ2n) is 5.10. The molecule has 1 heterocycles. The summed E-state index contributed by atoms with van der Waals surface area (Å²) >= 11 is 0. The van der Waals surface area contributed by atoms with Gasteiger partial charge >= 0.3 is 0 Å². The molecule has 0 aliphatic heterocycles. The highest BCUT2D eigenvalue weighted by Gasteiger charge is 2.07. The normalized spacial score (nSPS) is 12.1. The van der Waals surface area contributed by atoms with Crippen LogP contribution in [0, 0.1) is 6.92 Å². The number of anilines is 1. The quantitative estimate of drug-likeness (QED) is 0.777. The van der Waals surface area contributed by atoms with Crippen LogP contribution in [0.5, 0.6) is 0 Å². The van der Waals surface area contributed by atoms with Gasteiger partial charge in [-0.15, -0.1) is 10.2 Å². The maximum absolute atomic E-state index is 5.23. The van der Waals surface area contributed by atoms with E-state index in [9.17, 15) is 0 Å². The van der Waals surface area contributed by atoms with Gasteiger partial charge in [0.05, 0.1) is 0 Å². The Balaban J connectivity index is 1.78. The van der Waals surface area contributed by atoms with Gasteiger partial charge in [-0.2, -0.15) is 0 Å². The number of aromatic nitrogens is 2. The van der Waals surface area contributed by atoms with E-state index in [-0.39, 0.29) is 6.04 Å². The Morgan fingerprint density at radius 3 is 2.62 bits per heavy atom. The molecule has 2 aromatic carbocycles. The maximum Gasteiger partial charge on any atom is 0.247 e. The van der Waals surface area contributed by atoms with Crippen LogP contribution in [0.15, 0.2) is 59.3 Å². The molecule has 0 aliphatic carbocycles. The van der Waals surface area contributed by atoms with E-state index in [1.807, 2.05) is 24.3 Å². The van der Waals surface area contributed by atoms with Gasteiger partial charge in [0.1, 0.15) is 0 Å². The molecule has 0 saturated carbocycles. The van der Waals surface area contributed by atoms with E-state index >= 15 is 0 Å². The van der Waals surface area contributed by atoms with Crippen molar-refractivity contribution in [2.45, 2.75) is 19.9 Å². The van der Waals surface area contributed by atoms with Crippen molar-refractivity contribution >= 4 is 5.69 Å². The number of rotatable bonds is 4. The Labute approximate surface area is 123 Å². The second-order valence-corrected chi connectivity index (χ2v) is 5.10. The molecule has 106 valence electrons. The number of nitrogens with zero attached hydrogens (tertiary/aromatic N) is 2. The molecule has 0 spiro atoms. The number of benzene rings is 2. The van der Waals surface area contributed by atoms with Gasteiger partial charge in [0.25, 0.3) is 0 Å². The minimum absolute atomic E-state index is 0.225. The van der Waals surface area contributed by atoms with E-state index in [1.54, 1.807) is 0 Å². The van der Waals surface area contributed by atoms with Crippen molar-refractivity contribution in [2.75, 3.05) is 5.32 Å². The van der Waals surface area contributed by atoms with Gasteiger partial charge in [-0.25, -0.2) is 0 Å². The van der Waals surface area contributed by atoms with E-state index < -0.39 is 0 Å². The number of hydrogen-bond acceptors (Lipinski definition) is 4. The zero-order valence-corrected chi connectivity index (χ0v) is 12.1. The van der Waals surface area contributed by atoms with E-state index in [2.05, 4.69) is 53.6 Å². The van der Waals surface area contributed by atoms with Crippen molar-refractivity contribution in [1.29, 1.82) is 0 Å². The van der Waals surface area contributed by atoms with Crippen molar-refractivity contribution in [3.05, 3.63) is 66.1 Å². The van der Waals surface area contributed by atoms with Crippen LogP contribution in [0.2, 0.25) is 0 Å². The van der Waals surface area contributed by atoms with Crippen LogP contribution >= 0.6 is 0 Å². The van der Waals surface area contributed by atoms with Gasteiger partial charge < -0.3 is 9.73 Å². The largest absolute Gasteiger partial charge is 0.423 e. The monoisotopic (exact) mass is 279 g/mol. The lowest BCUT2D eigenvalue weighted by atomic mass is 10.1. The number of aryl methyl sites for hydroxylation is 1. The fourth-order valence-electron chi connectivity index (χ4n) is 2.23. The summed E-state index contributed by atoms with van der Waals surface area (Å²) in [5, 5.41) is 11.1. The smallest absolute Gasteiger partial charge is 0.247 e. The molecule has 1 aromatic heterocycles. The Kier molecular flexibility index (Phi) is 3.69. The number of hydrogen-bond donors (Lipinski definition) is 1. The summed E-state index contributed by atoms with van der Waals surface area (Å²) in [5.41, 5.74) is 4.46. The first-order chi connectivity index (χ1) is 10.2. The first-order valence-corrected chi connectivity index (χ1v) is 6.92. The minimum atomic E-state index is 0.225. The van der Waals surface area contributed by atoms with Crippen LogP contribution in [0.3, 0.4) is 0 Å². The average Bonchev–Trinajstić information content (AvgIpc) is 3.02. The van der Waals surface area contributed by atoms with E-state index in [4.69, 9.17) is 4.42 Å². The second kappa shape index (κ2) is 5.79. The van der Waals surface area contributed by atoms with Crippen LogP contribution < -0.4 is 5.32 Å². The first kappa shape index (κ1) is 13.4. The Bertz CT molecular complexity index is 705. The molecule has 1 N–H and O–H groups in total. The highest BCUT2D eigenvalue weighted by molar-refractivity contribution is 5.61.